The average molecular weight is 329 g/mol. The summed E-state index contributed by atoms with van der Waals surface area (Å²) in [5, 5.41) is 5.56. The van der Waals surface area contributed by atoms with Gasteiger partial charge in [0.1, 0.15) is 0 Å². The molecule has 3 rings (SSSR count). The number of fused-ring (bicyclic) bond motifs is 1. The second kappa shape index (κ2) is 6.70. The highest BCUT2D eigenvalue weighted by Gasteiger charge is 2.15. The fourth-order valence-corrected chi connectivity index (χ4v) is 3.04. The van der Waals surface area contributed by atoms with Gasteiger partial charge in [-0.2, -0.15) is 0 Å². The predicted octanol–water partition coefficient (Wildman–Crippen LogP) is 1.92. The van der Waals surface area contributed by atoms with Gasteiger partial charge in [0.2, 0.25) is 11.8 Å². The van der Waals surface area contributed by atoms with Gasteiger partial charge in [-0.15, -0.1) is 11.8 Å². The first-order valence-corrected chi connectivity index (χ1v) is 8.12. The summed E-state index contributed by atoms with van der Waals surface area (Å²) < 4.78 is 1.49. The maximum Gasteiger partial charge on any atom is 0.250 e. The van der Waals surface area contributed by atoms with Crippen LogP contribution in [0.1, 0.15) is 6.42 Å². The minimum atomic E-state index is -0.185. The van der Waals surface area contributed by atoms with Crippen molar-refractivity contribution in [2.75, 3.05) is 16.4 Å². The molecule has 1 aromatic heterocycles. The molecule has 0 saturated carbocycles. The van der Waals surface area contributed by atoms with Crippen molar-refractivity contribution in [2.45, 2.75) is 17.9 Å². The molecule has 0 radical (unpaired) electrons. The standard InChI is InChI=1S/C16H15N3O3S/c20-14(6-8-19-7-2-1-3-16(19)22)17-11-4-5-13-12(9-11)18-15(21)10-23-13/h1-5,7,9H,6,8,10H2,(H,17,20)(H,18,21). The topological polar surface area (TPSA) is 80.2 Å². The molecule has 1 aliphatic heterocycles. The zero-order chi connectivity index (χ0) is 16.2. The molecule has 0 unspecified atom stereocenters. The number of benzene rings is 1. The van der Waals surface area contributed by atoms with Gasteiger partial charge in [-0.1, -0.05) is 6.07 Å². The molecule has 2 aromatic rings. The fourth-order valence-electron chi connectivity index (χ4n) is 2.25. The number of amides is 2. The first kappa shape index (κ1) is 15.4. The summed E-state index contributed by atoms with van der Waals surface area (Å²) in [6, 6.07) is 10.3. The number of aromatic nitrogens is 1. The molecule has 118 valence electrons. The summed E-state index contributed by atoms with van der Waals surface area (Å²) in [7, 11) is 0. The Labute approximate surface area is 136 Å². The minimum Gasteiger partial charge on any atom is -0.326 e. The summed E-state index contributed by atoms with van der Waals surface area (Å²) in [4.78, 5) is 36.0. The summed E-state index contributed by atoms with van der Waals surface area (Å²) >= 11 is 1.47. The Hall–Kier alpha value is -2.54. The first-order chi connectivity index (χ1) is 11.1. The molecule has 0 saturated heterocycles. The number of nitrogens with zero attached hydrogens (tertiary/aromatic N) is 1. The Kier molecular flexibility index (Phi) is 4.47. The Balaban J connectivity index is 1.62. The molecular formula is C16H15N3O3S. The number of aryl methyl sites for hydroxylation is 1. The summed E-state index contributed by atoms with van der Waals surface area (Å²) in [5.74, 6) is 0.176. The Bertz CT molecular complexity index is 816. The molecule has 6 nitrogen and oxygen atoms in total. The van der Waals surface area contributed by atoms with Crippen molar-refractivity contribution >= 4 is 35.0 Å². The molecule has 1 aromatic carbocycles. The highest BCUT2D eigenvalue weighted by atomic mass is 32.2. The molecule has 0 atom stereocenters. The number of pyridine rings is 1. The first-order valence-electron chi connectivity index (χ1n) is 7.14. The van der Waals surface area contributed by atoms with Crippen LogP contribution in [0, 0.1) is 0 Å². The van der Waals surface area contributed by atoms with Crippen LogP contribution in [0.5, 0.6) is 0 Å². The second-order valence-corrected chi connectivity index (χ2v) is 6.10. The zero-order valence-corrected chi connectivity index (χ0v) is 13.1. The third-order valence-corrected chi connectivity index (χ3v) is 4.45. The van der Waals surface area contributed by atoms with Crippen LogP contribution in [-0.4, -0.2) is 22.1 Å². The normalized spacial score (nSPS) is 13.1. The predicted molar refractivity (Wildman–Crippen MR) is 89.7 cm³/mol. The van der Waals surface area contributed by atoms with Gasteiger partial charge in [-0.3, -0.25) is 14.4 Å². The SMILES string of the molecule is O=C(CCn1ccccc1=O)Nc1ccc2c(c1)NC(=O)CS2. The number of carbonyl (C=O) groups is 2. The summed E-state index contributed by atoms with van der Waals surface area (Å²) in [5.41, 5.74) is 1.20. The number of hydrogen-bond donors (Lipinski definition) is 2. The maximum absolute atomic E-state index is 12.0. The van der Waals surface area contributed by atoms with Gasteiger partial charge in [0.25, 0.3) is 5.56 Å². The van der Waals surface area contributed by atoms with Gasteiger partial charge >= 0.3 is 0 Å². The molecule has 0 spiro atoms. The number of hydrogen-bond acceptors (Lipinski definition) is 4. The largest absolute Gasteiger partial charge is 0.326 e. The van der Waals surface area contributed by atoms with Gasteiger partial charge in [0.05, 0.1) is 11.4 Å². The van der Waals surface area contributed by atoms with Crippen molar-refractivity contribution in [1.29, 1.82) is 0 Å². The van der Waals surface area contributed by atoms with Crippen LogP contribution in [0.2, 0.25) is 0 Å². The lowest BCUT2D eigenvalue weighted by molar-refractivity contribution is -0.116. The van der Waals surface area contributed by atoms with Gasteiger partial charge in [0, 0.05) is 35.8 Å². The molecule has 2 amide bonds. The maximum atomic E-state index is 12.0. The van der Waals surface area contributed by atoms with Crippen LogP contribution in [0.15, 0.2) is 52.3 Å². The highest BCUT2D eigenvalue weighted by Crippen LogP contribution is 2.33. The van der Waals surface area contributed by atoms with E-state index in [0.717, 1.165) is 4.90 Å². The van der Waals surface area contributed by atoms with E-state index >= 15 is 0 Å². The number of rotatable bonds is 4. The van der Waals surface area contributed by atoms with E-state index in [1.54, 1.807) is 30.5 Å². The lowest BCUT2D eigenvalue weighted by Gasteiger charge is -2.17. The van der Waals surface area contributed by atoms with E-state index in [2.05, 4.69) is 10.6 Å². The number of thioether (sulfide) groups is 1. The van der Waals surface area contributed by atoms with E-state index in [9.17, 15) is 14.4 Å². The zero-order valence-electron chi connectivity index (χ0n) is 12.2. The molecule has 0 fully saturated rings. The average Bonchev–Trinajstić information content (AvgIpc) is 2.54. The van der Waals surface area contributed by atoms with Gasteiger partial charge in [0.15, 0.2) is 0 Å². The third kappa shape index (κ3) is 3.81. The van der Waals surface area contributed by atoms with E-state index in [-0.39, 0.29) is 23.8 Å². The number of anilines is 2. The number of nitrogens with one attached hydrogen (secondary N) is 2. The Morgan fingerprint density at radius 3 is 2.96 bits per heavy atom. The molecule has 1 aliphatic rings. The minimum absolute atomic E-state index is 0.0468. The van der Waals surface area contributed by atoms with Gasteiger partial charge in [-0.25, -0.2) is 0 Å². The lowest BCUT2D eigenvalue weighted by atomic mass is 10.2. The smallest absolute Gasteiger partial charge is 0.250 e. The van der Waals surface area contributed by atoms with E-state index in [4.69, 9.17) is 0 Å². The quantitative estimate of drug-likeness (QED) is 0.898. The van der Waals surface area contributed by atoms with Crippen molar-refractivity contribution in [3.63, 3.8) is 0 Å². The highest BCUT2D eigenvalue weighted by molar-refractivity contribution is 8.00. The molecular weight excluding hydrogens is 314 g/mol. The van der Waals surface area contributed by atoms with Gasteiger partial charge < -0.3 is 15.2 Å². The van der Waals surface area contributed by atoms with Crippen LogP contribution in [0.3, 0.4) is 0 Å². The Morgan fingerprint density at radius 1 is 1.26 bits per heavy atom. The summed E-state index contributed by atoms with van der Waals surface area (Å²) in [6.45, 7) is 0.322. The van der Waals surface area contributed by atoms with Crippen molar-refractivity contribution in [2.24, 2.45) is 0 Å². The van der Waals surface area contributed by atoms with E-state index in [0.29, 0.717) is 23.7 Å². The van der Waals surface area contributed by atoms with Crippen LogP contribution in [0.25, 0.3) is 0 Å². The van der Waals surface area contributed by atoms with Crippen molar-refractivity contribution in [3.05, 3.63) is 52.9 Å². The van der Waals surface area contributed by atoms with E-state index in [1.165, 1.54) is 22.4 Å². The van der Waals surface area contributed by atoms with Crippen molar-refractivity contribution < 1.29 is 9.59 Å². The fraction of sp³-hybridized carbons (Fsp3) is 0.188. The second-order valence-electron chi connectivity index (χ2n) is 5.08. The number of carbonyl (C=O) groups excluding carboxylic acids is 2. The van der Waals surface area contributed by atoms with E-state index in [1.807, 2.05) is 6.07 Å². The van der Waals surface area contributed by atoms with Crippen LogP contribution in [0.4, 0.5) is 11.4 Å². The molecule has 0 aliphatic carbocycles. The monoisotopic (exact) mass is 329 g/mol. The summed E-state index contributed by atoms with van der Waals surface area (Å²) in [6.07, 6.45) is 1.85. The van der Waals surface area contributed by atoms with Crippen molar-refractivity contribution in [1.82, 2.24) is 4.57 Å². The molecule has 23 heavy (non-hydrogen) atoms. The molecule has 0 bridgehead atoms. The lowest BCUT2D eigenvalue weighted by Crippen LogP contribution is -2.22. The van der Waals surface area contributed by atoms with E-state index < -0.39 is 0 Å². The third-order valence-electron chi connectivity index (χ3n) is 3.37. The molecule has 2 heterocycles. The molecule has 2 N–H and O–H groups in total. The Morgan fingerprint density at radius 2 is 2.13 bits per heavy atom. The molecule has 7 heteroatoms. The van der Waals surface area contributed by atoms with Crippen LogP contribution in [-0.2, 0) is 16.1 Å². The van der Waals surface area contributed by atoms with Crippen LogP contribution < -0.4 is 16.2 Å². The van der Waals surface area contributed by atoms with Crippen LogP contribution >= 0.6 is 11.8 Å². The van der Waals surface area contributed by atoms with Crippen molar-refractivity contribution in [3.8, 4) is 0 Å². The van der Waals surface area contributed by atoms with Gasteiger partial charge in [-0.05, 0) is 24.3 Å².